The lowest BCUT2D eigenvalue weighted by molar-refractivity contribution is 0.768. The number of hydrogen-bond donors (Lipinski definition) is 0. The van der Waals surface area contributed by atoms with Crippen molar-refractivity contribution in [2.75, 3.05) is 9.80 Å². The molecule has 0 spiro atoms. The number of allylic oxidation sites excluding steroid dienone is 7. The number of nitrogens with zero attached hydrogens (tertiary/aromatic N) is 2. The molecular formula is C96H64N2. The van der Waals surface area contributed by atoms with Gasteiger partial charge in [0, 0.05) is 40.1 Å². The predicted octanol–water partition coefficient (Wildman–Crippen LogP) is 26.8. The van der Waals surface area contributed by atoms with Crippen molar-refractivity contribution in [3.63, 3.8) is 0 Å². The highest BCUT2D eigenvalue weighted by Crippen LogP contribution is 2.52. The quantitative estimate of drug-likeness (QED) is 0.119. The van der Waals surface area contributed by atoms with Crippen LogP contribution in [0.25, 0.3) is 142 Å². The lowest BCUT2D eigenvalue weighted by atomic mass is 9.80. The Morgan fingerprint density at radius 3 is 1.36 bits per heavy atom. The van der Waals surface area contributed by atoms with Crippen LogP contribution in [0.1, 0.15) is 6.42 Å². The Balaban J connectivity index is 0.879. The normalized spacial score (nSPS) is 13.6. The molecule has 17 aromatic rings. The highest BCUT2D eigenvalue weighted by Gasteiger charge is 2.26. The minimum absolute atomic E-state index is 0.373. The minimum Gasteiger partial charge on any atom is -0.311 e. The molecule has 1 atom stereocenters. The molecule has 17 aromatic carbocycles. The van der Waals surface area contributed by atoms with E-state index in [-0.39, 0.29) is 0 Å². The van der Waals surface area contributed by atoms with E-state index in [1.165, 1.54) is 131 Å². The van der Waals surface area contributed by atoms with E-state index in [1.807, 2.05) is 0 Å². The first kappa shape index (κ1) is 56.9. The predicted molar refractivity (Wildman–Crippen MR) is 419 cm³/mol. The Kier molecular flexibility index (Phi) is 13.7. The molecule has 0 saturated carbocycles. The highest BCUT2D eigenvalue weighted by molar-refractivity contribution is 6.34. The summed E-state index contributed by atoms with van der Waals surface area (Å²) >= 11 is 0. The second-order valence-corrected chi connectivity index (χ2v) is 26.3. The van der Waals surface area contributed by atoms with Crippen LogP contribution in [0.15, 0.2) is 381 Å². The van der Waals surface area contributed by atoms with Crippen LogP contribution in [0, 0.1) is 5.92 Å². The van der Waals surface area contributed by atoms with E-state index < -0.39 is 0 Å². The van der Waals surface area contributed by atoms with E-state index in [2.05, 4.69) is 380 Å². The van der Waals surface area contributed by atoms with Gasteiger partial charge in [-0.2, -0.15) is 0 Å². The van der Waals surface area contributed by atoms with Crippen LogP contribution in [0.2, 0.25) is 0 Å². The van der Waals surface area contributed by atoms with Gasteiger partial charge in [0.05, 0.1) is 0 Å². The Hall–Kier alpha value is -12.6. The fourth-order valence-corrected chi connectivity index (χ4v) is 15.9. The van der Waals surface area contributed by atoms with Crippen molar-refractivity contribution in [3.8, 4) is 55.6 Å². The molecule has 2 aliphatic carbocycles. The van der Waals surface area contributed by atoms with Crippen molar-refractivity contribution in [2.45, 2.75) is 6.42 Å². The third-order valence-corrected chi connectivity index (χ3v) is 20.6. The smallest absolute Gasteiger partial charge is 0.0468 e. The second-order valence-electron chi connectivity index (χ2n) is 26.3. The Labute approximate surface area is 570 Å². The largest absolute Gasteiger partial charge is 0.311 e. The molecule has 0 radical (unpaired) electrons. The third-order valence-electron chi connectivity index (χ3n) is 20.6. The van der Waals surface area contributed by atoms with Gasteiger partial charge < -0.3 is 9.80 Å². The van der Waals surface area contributed by atoms with Gasteiger partial charge in [-0.05, 0) is 245 Å². The SMILES string of the molecule is C1=CC2=CC(N(c3ccc(-c4cc(-c5ccccc5)c(-c5ccc(N(c6ccc7ccccc7c6)c6ccc7ccccc7c6)cc5)c5c6ccc(-c7cc8ccccc8c8ccccc78)cc6c6cc(-c7ccccc7)ccc6c45)cc3)c3ccc4ccccc4c3)=CCC2C=C1. The average Bonchev–Trinajstić information content (AvgIpc) is 0.705. The molecule has 0 heterocycles. The number of benzene rings is 17. The summed E-state index contributed by atoms with van der Waals surface area (Å²) in [5, 5.41) is 19.5. The van der Waals surface area contributed by atoms with Gasteiger partial charge in [0.25, 0.3) is 0 Å². The van der Waals surface area contributed by atoms with Crippen molar-refractivity contribution in [3.05, 3.63) is 381 Å². The molecule has 98 heavy (non-hydrogen) atoms. The maximum absolute atomic E-state index is 2.51. The van der Waals surface area contributed by atoms with Crippen molar-refractivity contribution < 1.29 is 0 Å². The standard InChI is InChI=1S/C96H64N2/c1-3-19-63(20-4-1)75-43-53-87-92(59-75)93-61-77(89-60-76-31-15-16-32-84(76)85-33-17-18-34-86(85)89)44-54-88(93)96-94(70-41-47-79(48-42-70)98(82-51-37-66-23-9-13-29-73(66)57-82)83-52-38-67-24-10-14-30-74(67)58-83)90(68-25-5-2-6-26-68)62-91(95(87)96)69-39-45-78(46-40-69)97(80-49-35-64-21-7-11-27-71(64)55-80)81-50-36-65-22-8-12-28-72(65)56-81/h1-35,37-62,65H,36H2. The van der Waals surface area contributed by atoms with Crippen molar-refractivity contribution in [1.29, 1.82) is 0 Å². The fraction of sp³-hybridized carbons (Fsp3) is 0.0208. The maximum Gasteiger partial charge on any atom is 0.0468 e. The van der Waals surface area contributed by atoms with Gasteiger partial charge >= 0.3 is 0 Å². The van der Waals surface area contributed by atoms with Crippen LogP contribution in [0.3, 0.4) is 0 Å². The molecule has 2 heteroatoms. The van der Waals surface area contributed by atoms with Crippen molar-refractivity contribution in [1.82, 2.24) is 0 Å². The van der Waals surface area contributed by atoms with E-state index in [0.29, 0.717) is 5.92 Å². The van der Waals surface area contributed by atoms with Crippen molar-refractivity contribution >= 4 is 115 Å². The number of hydrogen-bond acceptors (Lipinski definition) is 2. The third kappa shape index (κ3) is 9.87. The molecule has 0 N–H and O–H groups in total. The van der Waals surface area contributed by atoms with E-state index in [9.17, 15) is 0 Å². The van der Waals surface area contributed by atoms with Crippen LogP contribution in [-0.4, -0.2) is 0 Å². The maximum atomic E-state index is 2.51. The second kappa shape index (κ2) is 23.7. The zero-order chi connectivity index (χ0) is 64.6. The molecule has 0 bridgehead atoms. The van der Waals surface area contributed by atoms with Gasteiger partial charge in [-0.15, -0.1) is 0 Å². The van der Waals surface area contributed by atoms with Crippen LogP contribution in [0.5, 0.6) is 0 Å². The Morgan fingerprint density at radius 1 is 0.255 bits per heavy atom. The lowest BCUT2D eigenvalue weighted by Gasteiger charge is -2.31. The summed E-state index contributed by atoms with van der Waals surface area (Å²) in [4.78, 5) is 4.87. The molecule has 458 valence electrons. The topological polar surface area (TPSA) is 6.48 Å². The van der Waals surface area contributed by atoms with E-state index >= 15 is 0 Å². The summed E-state index contributed by atoms with van der Waals surface area (Å²) in [5.41, 5.74) is 19.7. The number of rotatable bonds is 11. The van der Waals surface area contributed by atoms with E-state index in [4.69, 9.17) is 0 Å². The van der Waals surface area contributed by atoms with Gasteiger partial charge in [-0.3, -0.25) is 0 Å². The molecular weight excluding hydrogens is 1180 g/mol. The zero-order valence-electron chi connectivity index (χ0n) is 53.9. The molecule has 0 fully saturated rings. The van der Waals surface area contributed by atoms with Crippen molar-refractivity contribution in [2.24, 2.45) is 5.92 Å². The summed E-state index contributed by atoms with van der Waals surface area (Å²) in [6.07, 6.45) is 14.7. The fourth-order valence-electron chi connectivity index (χ4n) is 15.9. The summed E-state index contributed by atoms with van der Waals surface area (Å²) < 4.78 is 0. The Bertz CT molecular complexity index is 6110. The van der Waals surface area contributed by atoms with Gasteiger partial charge in [0.2, 0.25) is 0 Å². The first-order chi connectivity index (χ1) is 48.6. The molecule has 1 unspecified atom stereocenters. The molecule has 0 aliphatic heterocycles. The molecule has 2 nitrogen and oxygen atoms in total. The molecule has 0 saturated heterocycles. The summed E-state index contributed by atoms with van der Waals surface area (Å²) in [7, 11) is 0. The molecule has 2 aliphatic rings. The van der Waals surface area contributed by atoms with Gasteiger partial charge in [0.15, 0.2) is 0 Å². The molecule has 0 aromatic heterocycles. The lowest BCUT2D eigenvalue weighted by Crippen LogP contribution is -2.19. The highest BCUT2D eigenvalue weighted by atomic mass is 15.2. The number of fused-ring (bicyclic) bond motifs is 13. The summed E-state index contributed by atoms with van der Waals surface area (Å²) in [6.45, 7) is 0. The monoisotopic (exact) mass is 1240 g/mol. The van der Waals surface area contributed by atoms with Gasteiger partial charge in [0.1, 0.15) is 0 Å². The van der Waals surface area contributed by atoms with E-state index in [0.717, 1.165) is 57.1 Å². The molecule has 0 amide bonds. The van der Waals surface area contributed by atoms with Gasteiger partial charge in [-0.1, -0.05) is 279 Å². The van der Waals surface area contributed by atoms with E-state index in [1.54, 1.807) is 0 Å². The zero-order valence-corrected chi connectivity index (χ0v) is 53.9. The summed E-state index contributed by atoms with van der Waals surface area (Å²) in [6, 6.07) is 125. The minimum atomic E-state index is 0.373. The summed E-state index contributed by atoms with van der Waals surface area (Å²) in [5.74, 6) is 0.373. The van der Waals surface area contributed by atoms with Crippen LogP contribution in [-0.2, 0) is 0 Å². The van der Waals surface area contributed by atoms with Crippen LogP contribution >= 0.6 is 0 Å². The van der Waals surface area contributed by atoms with Crippen LogP contribution in [0.4, 0.5) is 28.4 Å². The van der Waals surface area contributed by atoms with Crippen LogP contribution < -0.4 is 9.80 Å². The first-order valence-corrected chi connectivity index (χ1v) is 34.1. The first-order valence-electron chi connectivity index (χ1n) is 34.1. The molecule has 19 rings (SSSR count). The Morgan fingerprint density at radius 2 is 0.724 bits per heavy atom. The number of anilines is 5. The van der Waals surface area contributed by atoms with Gasteiger partial charge in [-0.25, -0.2) is 0 Å². The average molecular weight is 1250 g/mol.